The van der Waals surface area contributed by atoms with Crippen LogP contribution in [0.15, 0.2) is 29.0 Å². The van der Waals surface area contributed by atoms with Crippen molar-refractivity contribution in [2.45, 2.75) is 45.1 Å². The van der Waals surface area contributed by atoms with E-state index in [1.807, 2.05) is 27.0 Å². The molecule has 9 nitrogen and oxygen atoms in total. The lowest BCUT2D eigenvalue weighted by molar-refractivity contribution is 0.0204. The standard InChI is InChI=1S/C19H24N6O3/c1-19(2,3)28-18(26)24-8-6-12(7-9-24)13-11-25-17(15(20)21-13)22-16(23-25)14-5-4-10-27-14/h4-5,10-12H,6-9H2,1-3H3,(H2,20,21). The number of nitrogens with two attached hydrogens (primary N) is 1. The largest absolute Gasteiger partial charge is 0.461 e. The molecule has 1 aliphatic heterocycles. The van der Waals surface area contributed by atoms with E-state index in [-0.39, 0.29) is 12.0 Å². The number of carbonyl (C=O) groups excluding carboxylic acids is 1. The molecule has 4 heterocycles. The zero-order chi connectivity index (χ0) is 19.9. The topological polar surface area (TPSA) is 112 Å². The van der Waals surface area contributed by atoms with E-state index in [2.05, 4.69) is 15.1 Å². The molecule has 2 N–H and O–H groups in total. The number of rotatable bonds is 2. The Bertz CT molecular complexity index is 981. The van der Waals surface area contributed by atoms with Gasteiger partial charge in [-0.15, -0.1) is 5.10 Å². The fourth-order valence-electron chi connectivity index (χ4n) is 3.32. The van der Waals surface area contributed by atoms with Gasteiger partial charge in [0, 0.05) is 19.0 Å². The zero-order valence-electron chi connectivity index (χ0n) is 16.3. The zero-order valence-corrected chi connectivity index (χ0v) is 16.3. The molecule has 0 bridgehead atoms. The summed E-state index contributed by atoms with van der Waals surface area (Å²) in [5.41, 5.74) is 6.99. The predicted molar refractivity (Wildman–Crippen MR) is 103 cm³/mol. The Hall–Kier alpha value is -3.10. The van der Waals surface area contributed by atoms with E-state index < -0.39 is 5.60 Å². The smallest absolute Gasteiger partial charge is 0.410 e. The van der Waals surface area contributed by atoms with Crippen molar-refractivity contribution in [3.63, 3.8) is 0 Å². The molecule has 3 aromatic heterocycles. The summed E-state index contributed by atoms with van der Waals surface area (Å²) >= 11 is 0. The lowest BCUT2D eigenvalue weighted by Gasteiger charge is -2.33. The number of nitrogen functional groups attached to an aromatic ring is 1. The van der Waals surface area contributed by atoms with Crippen LogP contribution in [-0.2, 0) is 4.74 Å². The molecule has 0 radical (unpaired) electrons. The number of hydrogen-bond acceptors (Lipinski definition) is 7. The first kappa shape index (κ1) is 18.3. The summed E-state index contributed by atoms with van der Waals surface area (Å²) in [5, 5.41) is 4.46. The molecule has 0 aromatic carbocycles. The molecule has 1 saturated heterocycles. The highest BCUT2D eigenvalue weighted by Gasteiger charge is 2.28. The van der Waals surface area contributed by atoms with Crippen molar-refractivity contribution in [3.8, 4) is 11.6 Å². The monoisotopic (exact) mass is 384 g/mol. The Balaban J connectivity index is 1.50. The first-order valence-electron chi connectivity index (χ1n) is 9.35. The third-order valence-corrected chi connectivity index (χ3v) is 4.67. The number of fused-ring (bicyclic) bond motifs is 1. The van der Waals surface area contributed by atoms with Gasteiger partial charge in [0.15, 0.2) is 17.2 Å². The molecule has 0 spiro atoms. The van der Waals surface area contributed by atoms with Crippen molar-refractivity contribution in [1.82, 2.24) is 24.5 Å². The molecule has 0 atom stereocenters. The summed E-state index contributed by atoms with van der Waals surface area (Å²) in [6.45, 7) is 6.85. The minimum absolute atomic E-state index is 0.196. The van der Waals surface area contributed by atoms with Crippen LogP contribution in [0.2, 0.25) is 0 Å². The van der Waals surface area contributed by atoms with Crippen LogP contribution in [0.25, 0.3) is 17.2 Å². The molecule has 1 amide bonds. The van der Waals surface area contributed by atoms with E-state index in [1.54, 1.807) is 27.8 Å². The van der Waals surface area contributed by atoms with Crippen LogP contribution in [0.1, 0.15) is 45.2 Å². The maximum Gasteiger partial charge on any atom is 0.410 e. The van der Waals surface area contributed by atoms with Crippen molar-refractivity contribution >= 4 is 17.6 Å². The second-order valence-electron chi connectivity index (χ2n) is 7.97. The van der Waals surface area contributed by atoms with Crippen LogP contribution in [0.5, 0.6) is 0 Å². The van der Waals surface area contributed by atoms with Crippen LogP contribution < -0.4 is 5.73 Å². The Morgan fingerprint density at radius 3 is 2.68 bits per heavy atom. The number of anilines is 1. The van der Waals surface area contributed by atoms with Crippen molar-refractivity contribution < 1.29 is 13.9 Å². The minimum atomic E-state index is -0.492. The molecule has 1 fully saturated rings. The van der Waals surface area contributed by atoms with Gasteiger partial charge in [-0.05, 0) is 45.7 Å². The summed E-state index contributed by atoms with van der Waals surface area (Å²) in [7, 11) is 0. The van der Waals surface area contributed by atoms with Gasteiger partial charge in [0.2, 0.25) is 5.82 Å². The fourth-order valence-corrected chi connectivity index (χ4v) is 3.32. The van der Waals surface area contributed by atoms with Gasteiger partial charge >= 0.3 is 6.09 Å². The molecule has 4 rings (SSSR count). The number of amides is 1. The molecular formula is C19H24N6O3. The molecular weight excluding hydrogens is 360 g/mol. The second-order valence-corrected chi connectivity index (χ2v) is 7.97. The molecule has 148 valence electrons. The number of carbonyl (C=O) groups is 1. The highest BCUT2D eigenvalue weighted by Crippen LogP contribution is 2.29. The third kappa shape index (κ3) is 3.64. The minimum Gasteiger partial charge on any atom is -0.461 e. The average Bonchev–Trinajstić information content (AvgIpc) is 3.30. The number of nitrogens with zero attached hydrogens (tertiary/aromatic N) is 5. The van der Waals surface area contributed by atoms with Crippen molar-refractivity contribution in [3.05, 3.63) is 30.3 Å². The van der Waals surface area contributed by atoms with E-state index in [9.17, 15) is 4.79 Å². The van der Waals surface area contributed by atoms with Crippen molar-refractivity contribution in [2.75, 3.05) is 18.8 Å². The van der Waals surface area contributed by atoms with E-state index in [1.165, 1.54) is 0 Å². The Morgan fingerprint density at radius 2 is 2.04 bits per heavy atom. The van der Waals surface area contributed by atoms with E-state index in [4.69, 9.17) is 14.9 Å². The van der Waals surface area contributed by atoms with Crippen molar-refractivity contribution in [2.24, 2.45) is 0 Å². The summed E-state index contributed by atoms with van der Waals surface area (Å²) in [6, 6.07) is 3.58. The molecule has 1 aliphatic rings. The van der Waals surface area contributed by atoms with Gasteiger partial charge in [-0.3, -0.25) is 0 Å². The quantitative estimate of drug-likeness (QED) is 0.722. The number of aromatic nitrogens is 4. The summed E-state index contributed by atoms with van der Waals surface area (Å²) in [4.78, 5) is 22.9. The lowest BCUT2D eigenvalue weighted by Crippen LogP contribution is -2.41. The Morgan fingerprint density at radius 1 is 1.29 bits per heavy atom. The van der Waals surface area contributed by atoms with Gasteiger partial charge in [-0.1, -0.05) is 0 Å². The first-order valence-corrected chi connectivity index (χ1v) is 9.35. The van der Waals surface area contributed by atoms with E-state index >= 15 is 0 Å². The molecule has 0 saturated carbocycles. The highest BCUT2D eigenvalue weighted by molar-refractivity contribution is 5.68. The average molecular weight is 384 g/mol. The van der Waals surface area contributed by atoms with Crippen LogP contribution in [0.3, 0.4) is 0 Å². The molecule has 0 unspecified atom stereocenters. The molecule has 28 heavy (non-hydrogen) atoms. The van der Waals surface area contributed by atoms with E-state index in [0.717, 1.165) is 18.5 Å². The molecule has 9 heteroatoms. The maximum atomic E-state index is 12.2. The SMILES string of the molecule is CC(C)(C)OC(=O)N1CCC(c2cn3nc(-c4ccco4)nc3c(N)n2)CC1. The van der Waals surface area contributed by atoms with Gasteiger partial charge in [0.25, 0.3) is 0 Å². The second kappa shape index (κ2) is 6.81. The van der Waals surface area contributed by atoms with Gasteiger partial charge in [0.05, 0.1) is 18.2 Å². The van der Waals surface area contributed by atoms with Crippen LogP contribution in [-0.4, -0.2) is 49.3 Å². The van der Waals surface area contributed by atoms with Gasteiger partial charge in [-0.25, -0.2) is 19.3 Å². The summed E-state index contributed by atoms with van der Waals surface area (Å²) in [5.74, 6) is 1.57. The molecule has 0 aliphatic carbocycles. The Labute approximate surface area is 162 Å². The van der Waals surface area contributed by atoms with Gasteiger partial charge in [0.1, 0.15) is 5.60 Å². The van der Waals surface area contributed by atoms with E-state index in [0.29, 0.717) is 36.1 Å². The van der Waals surface area contributed by atoms with Crippen LogP contribution in [0.4, 0.5) is 10.6 Å². The fraction of sp³-hybridized carbons (Fsp3) is 0.474. The van der Waals surface area contributed by atoms with Gasteiger partial charge < -0.3 is 19.8 Å². The highest BCUT2D eigenvalue weighted by atomic mass is 16.6. The molecule has 3 aromatic rings. The third-order valence-electron chi connectivity index (χ3n) is 4.67. The number of ether oxygens (including phenoxy) is 1. The van der Waals surface area contributed by atoms with Crippen molar-refractivity contribution in [1.29, 1.82) is 0 Å². The predicted octanol–water partition coefficient (Wildman–Crippen LogP) is 3.08. The van der Waals surface area contributed by atoms with Gasteiger partial charge in [-0.2, -0.15) is 0 Å². The summed E-state index contributed by atoms with van der Waals surface area (Å²) in [6.07, 6.45) is 4.74. The van der Waals surface area contributed by atoms with Crippen LogP contribution in [0, 0.1) is 0 Å². The lowest BCUT2D eigenvalue weighted by atomic mass is 9.94. The normalized spacial score (nSPS) is 15.9. The number of hydrogen-bond donors (Lipinski definition) is 1. The number of furan rings is 1. The Kier molecular flexibility index (Phi) is 4.44. The first-order chi connectivity index (χ1) is 13.3. The number of piperidine rings is 1. The summed E-state index contributed by atoms with van der Waals surface area (Å²) < 4.78 is 12.5. The van der Waals surface area contributed by atoms with Crippen LogP contribution >= 0.6 is 0 Å². The maximum absolute atomic E-state index is 12.2. The number of likely N-dealkylation sites (tertiary alicyclic amines) is 1.